The fourth-order valence-corrected chi connectivity index (χ4v) is 6.13. The summed E-state index contributed by atoms with van der Waals surface area (Å²) in [4.78, 5) is 12.7. The molecule has 0 bridgehead atoms. The predicted molar refractivity (Wildman–Crippen MR) is 105 cm³/mol. The second-order valence-corrected chi connectivity index (χ2v) is 9.35. The second kappa shape index (κ2) is 8.61. The number of ether oxygens (including phenoxy) is 1. The van der Waals surface area contributed by atoms with Crippen LogP contribution in [0.25, 0.3) is 0 Å². The van der Waals surface area contributed by atoms with Gasteiger partial charge in [0.05, 0.1) is 7.11 Å². The maximum absolute atomic E-state index is 13.4. The molecule has 6 nitrogen and oxygen atoms in total. The molecular formula is C20H30N2O4S. The van der Waals surface area contributed by atoms with Crippen LogP contribution in [0.1, 0.15) is 68.6 Å². The highest BCUT2D eigenvalue weighted by molar-refractivity contribution is 7.89. The number of sulfonamides is 1. The van der Waals surface area contributed by atoms with Gasteiger partial charge in [0.1, 0.15) is 10.6 Å². The first kappa shape index (κ1) is 20.1. The standard InChI is InChI=1S/C20H30N2O4S/c1-3-17-10-6-7-13-22(17)27(24,25)19-14-15(11-12-18(19)26-2)20(23)21-16-8-4-5-9-16/h11-12,14,16-17H,3-10,13H2,1-2H3,(H,21,23)/t17-/m1/s1. The summed E-state index contributed by atoms with van der Waals surface area (Å²) in [7, 11) is -2.26. The van der Waals surface area contributed by atoms with Crippen LogP contribution in [-0.2, 0) is 10.0 Å². The molecule has 1 saturated heterocycles. The summed E-state index contributed by atoms with van der Waals surface area (Å²) in [6, 6.07) is 4.88. The number of rotatable bonds is 6. The molecule has 1 amide bonds. The number of carbonyl (C=O) groups is 1. The summed E-state index contributed by atoms with van der Waals surface area (Å²) in [5.41, 5.74) is 0.367. The largest absolute Gasteiger partial charge is 0.495 e. The first-order chi connectivity index (χ1) is 13.0. The Morgan fingerprint density at radius 2 is 1.89 bits per heavy atom. The lowest BCUT2D eigenvalue weighted by Crippen LogP contribution is -2.43. The van der Waals surface area contributed by atoms with Crippen LogP contribution in [0, 0.1) is 0 Å². The van der Waals surface area contributed by atoms with E-state index in [2.05, 4.69) is 5.32 Å². The molecular weight excluding hydrogens is 364 g/mol. The molecule has 150 valence electrons. The van der Waals surface area contributed by atoms with E-state index in [-0.39, 0.29) is 28.6 Å². The van der Waals surface area contributed by atoms with Crippen LogP contribution in [0.2, 0.25) is 0 Å². The molecule has 3 rings (SSSR count). The third kappa shape index (κ3) is 4.29. The van der Waals surface area contributed by atoms with Gasteiger partial charge >= 0.3 is 0 Å². The molecule has 2 fully saturated rings. The van der Waals surface area contributed by atoms with E-state index < -0.39 is 10.0 Å². The Balaban J connectivity index is 1.91. The van der Waals surface area contributed by atoms with Crippen molar-refractivity contribution in [2.75, 3.05) is 13.7 Å². The molecule has 7 heteroatoms. The molecule has 1 aromatic carbocycles. The van der Waals surface area contributed by atoms with Gasteiger partial charge in [0.25, 0.3) is 5.91 Å². The highest BCUT2D eigenvalue weighted by Gasteiger charge is 2.35. The molecule has 2 aliphatic rings. The van der Waals surface area contributed by atoms with Crippen LogP contribution in [0.4, 0.5) is 0 Å². The number of amides is 1. The van der Waals surface area contributed by atoms with E-state index in [0.29, 0.717) is 12.1 Å². The van der Waals surface area contributed by atoms with E-state index in [1.807, 2.05) is 6.92 Å². The van der Waals surface area contributed by atoms with Crippen LogP contribution in [0.15, 0.2) is 23.1 Å². The third-order valence-corrected chi connectivity index (χ3v) is 7.72. The zero-order valence-electron chi connectivity index (χ0n) is 16.2. The minimum absolute atomic E-state index is 0.00410. The molecule has 1 aliphatic carbocycles. The lowest BCUT2D eigenvalue weighted by Gasteiger charge is -2.34. The Morgan fingerprint density at radius 1 is 1.19 bits per heavy atom. The molecule has 0 aromatic heterocycles. The highest BCUT2D eigenvalue weighted by atomic mass is 32.2. The number of benzene rings is 1. The van der Waals surface area contributed by atoms with E-state index in [1.54, 1.807) is 16.4 Å². The van der Waals surface area contributed by atoms with Crippen LogP contribution in [-0.4, -0.2) is 44.4 Å². The van der Waals surface area contributed by atoms with Gasteiger partial charge in [-0.05, 0) is 50.3 Å². The molecule has 0 radical (unpaired) electrons. The number of nitrogens with zero attached hydrogens (tertiary/aromatic N) is 1. The van der Waals surface area contributed by atoms with Gasteiger partial charge in [-0.2, -0.15) is 4.31 Å². The lowest BCUT2D eigenvalue weighted by atomic mass is 10.0. The Hall–Kier alpha value is -1.60. The van der Waals surface area contributed by atoms with Crippen molar-refractivity contribution in [3.05, 3.63) is 23.8 Å². The van der Waals surface area contributed by atoms with Crippen LogP contribution >= 0.6 is 0 Å². The summed E-state index contributed by atoms with van der Waals surface area (Å²) in [5, 5.41) is 3.02. The number of nitrogens with one attached hydrogen (secondary N) is 1. The van der Waals surface area contributed by atoms with Gasteiger partial charge in [-0.1, -0.05) is 26.2 Å². The van der Waals surface area contributed by atoms with E-state index in [0.717, 1.165) is 51.4 Å². The SMILES string of the molecule is CC[C@@H]1CCCCN1S(=O)(=O)c1cc(C(=O)NC2CCCC2)ccc1OC. The normalized spacial score (nSPS) is 21.9. The third-order valence-electron chi connectivity index (χ3n) is 5.75. The number of carbonyl (C=O) groups excluding carboxylic acids is 1. The Bertz CT molecular complexity index is 772. The smallest absolute Gasteiger partial charge is 0.251 e. The molecule has 0 spiro atoms. The molecule has 0 unspecified atom stereocenters. The second-order valence-electron chi connectivity index (χ2n) is 7.49. The monoisotopic (exact) mass is 394 g/mol. The summed E-state index contributed by atoms with van der Waals surface area (Å²) in [5.74, 6) is 0.0690. The first-order valence-electron chi connectivity index (χ1n) is 9.98. The van der Waals surface area contributed by atoms with Gasteiger partial charge in [0, 0.05) is 24.2 Å². The summed E-state index contributed by atoms with van der Waals surface area (Å²) < 4.78 is 33.7. The maximum atomic E-state index is 13.4. The number of piperidine rings is 1. The van der Waals surface area contributed by atoms with E-state index in [9.17, 15) is 13.2 Å². The van der Waals surface area contributed by atoms with Gasteiger partial charge in [0.15, 0.2) is 0 Å². The first-order valence-corrected chi connectivity index (χ1v) is 11.4. The zero-order valence-corrected chi connectivity index (χ0v) is 17.1. The maximum Gasteiger partial charge on any atom is 0.251 e. The summed E-state index contributed by atoms with van der Waals surface area (Å²) >= 11 is 0. The van der Waals surface area contributed by atoms with Crippen molar-refractivity contribution in [2.45, 2.75) is 75.3 Å². The zero-order chi connectivity index (χ0) is 19.4. The molecule has 1 saturated carbocycles. The predicted octanol–water partition coefficient (Wildman–Crippen LogP) is 3.32. The minimum atomic E-state index is -3.72. The molecule has 1 aromatic rings. The van der Waals surface area contributed by atoms with Gasteiger partial charge in [0.2, 0.25) is 10.0 Å². The van der Waals surface area contributed by atoms with E-state index >= 15 is 0 Å². The average Bonchev–Trinajstić information content (AvgIpc) is 3.20. The van der Waals surface area contributed by atoms with Crippen molar-refractivity contribution in [3.63, 3.8) is 0 Å². The average molecular weight is 395 g/mol. The molecule has 27 heavy (non-hydrogen) atoms. The van der Waals surface area contributed by atoms with Gasteiger partial charge in [-0.3, -0.25) is 4.79 Å². The summed E-state index contributed by atoms with van der Waals surface area (Å²) in [6.45, 7) is 2.53. The van der Waals surface area contributed by atoms with Crippen LogP contribution < -0.4 is 10.1 Å². The van der Waals surface area contributed by atoms with Crippen molar-refractivity contribution >= 4 is 15.9 Å². The van der Waals surface area contributed by atoms with Gasteiger partial charge in [-0.15, -0.1) is 0 Å². The van der Waals surface area contributed by atoms with Gasteiger partial charge < -0.3 is 10.1 Å². The van der Waals surface area contributed by atoms with Crippen LogP contribution in [0.5, 0.6) is 5.75 Å². The van der Waals surface area contributed by atoms with E-state index in [4.69, 9.17) is 4.74 Å². The molecule has 1 aliphatic heterocycles. The molecule has 1 heterocycles. The Morgan fingerprint density at radius 3 is 2.56 bits per heavy atom. The van der Waals surface area contributed by atoms with Crippen molar-refractivity contribution < 1.29 is 17.9 Å². The number of hydrogen-bond acceptors (Lipinski definition) is 4. The molecule has 1 N–H and O–H groups in total. The quantitative estimate of drug-likeness (QED) is 0.803. The molecule has 1 atom stereocenters. The summed E-state index contributed by atoms with van der Waals surface area (Å²) in [6.07, 6.45) is 7.79. The fourth-order valence-electron chi connectivity index (χ4n) is 4.18. The number of hydrogen-bond donors (Lipinski definition) is 1. The van der Waals surface area contributed by atoms with Crippen molar-refractivity contribution in [2.24, 2.45) is 0 Å². The fraction of sp³-hybridized carbons (Fsp3) is 0.650. The lowest BCUT2D eigenvalue weighted by molar-refractivity contribution is 0.0937. The topological polar surface area (TPSA) is 75.7 Å². The van der Waals surface area contributed by atoms with Crippen LogP contribution in [0.3, 0.4) is 0 Å². The van der Waals surface area contributed by atoms with E-state index in [1.165, 1.54) is 13.2 Å². The number of methoxy groups -OCH3 is 1. The minimum Gasteiger partial charge on any atom is -0.495 e. The van der Waals surface area contributed by atoms with Crippen molar-refractivity contribution in [3.8, 4) is 5.75 Å². The Labute approximate surface area is 162 Å². The van der Waals surface area contributed by atoms with Crippen molar-refractivity contribution in [1.82, 2.24) is 9.62 Å². The highest BCUT2D eigenvalue weighted by Crippen LogP contribution is 2.32. The van der Waals surface area contributed by atoms with Gasteiger partial charge in [-0.25, -0.2) is 8.42 Å². The Kier molecular flexibility index (Phi) is 6.42. The van der Waals surface area contributed by atoms with Crippen molar-refractivity contribution in [1.29, 1.82) is 0 Å².